The van der Waals surface area contributed by atoms with E-state index in [1.165, 1.54) is 0 Å². The molecule has 0 aliphatic carbocycles. The molecule has 3 heterocycles. The minimum atomic E-state index is -0.243. The fourth-order valence-electron chi connectivity index (χ4n) is 3.40. The van der Waals surface area contributed by atoms with Gasteiger partial charge in [0.25, 0.3) is 0 Å². The fraction of sp³-hybridized carbons (Fsp3) is 0.688. The van der Waals surface area contributed by atoms with Crippen LogP contribution in [0.5, 0.6) is 0 Å². The summed E-state index contributed by atoms with van der Waals surface area (Å²) < 4.78 is 0. The van der Waals surface area contributed by atoms with E-state index < -0.39 is 0 Å². The van der Waals surface area contributed by atoms with E-state index in [1.54, 1.807) is 18.6 Å². The minimum absolute atomic E-state index is 0.0562. The van der Waals surface area contributed by atoms with Crippen molar-refractivity contribution in [2.75, 3.05) is 37.6 Å². The van der Waals surface area contributed by atoms with Gasteiger partial charge in [-0.25, -0.2) is 9.78 Å². The molecule has 0 bridgehead atoms. The van der Waals surface area contributed by atoms with Crippen LogP contribution >= 0.6 is 0 Å². The molecular formula is C16H26N6O. The molecular weight excluding hydrogens is 292 g/mol. The van der Waals surface area contributed by atoms with E-state index in [2.05, 4.69) is 39.3 Å². The molecule has 0 saturated carbocycles. The minimum Gasteiger partial charge on any atom is -0.351 e. The molecule has 2 aliphatic heterocycles. The standard InChI is InChI=1S/C16H26N6O/c1-16(2)12-21(14-11-18-7-8-19-14)9-10-22(16)15(23)20-13-3-5-17-6-4-13/h7-8,11,13,17H,3-6,9-10,12H2,1-2H3,(H,20,23). The van der Waals surface area contributed by atoms with Crippen LogP contribution < -0.4 is 15.5 Å². The summed E-state index contributed by atoms with van der Waals surface area (Å²) in [5, 5.41) is 6.52. The quantitative estimate of drug-likeness (QED) is 0.845. The van der Waals surface area contributed by atoms with Crippen molar-refractivity contribution in [1.29, 1.82) is 0 Å². The van der Waals surface area contributed by atoms with E-state index >= 15 is 0 Å². The number of piperazine rings is 1. The van der Waals surface area contributed by atoms with Crippen molar-refractivity contribution in [2.24, 2.45) is 0 Å². The number of aromatic nitrogens is 2. The average Bonchev–Trinajstić information content (AvgIpc) is 2.55. The van der Waals surface area contributed by atoms with Gasteiger partial charge < -0.3 is 20.4 Å². The van der Waals surface area contributed by atoms with Crippen LogP contribution in [0.15, 0.2) is 18.6 Å². The molecule has 3 rings (SSSR count). The zero-order valence-electron chi connectivity index (χ0n) is 14.0. The smallest absolute Gasteiger partial charge is 0.318 e. The highest BCUT2D eigenvalue weighted by Gasteiger charge is 2.37. The predicted octanol–water partition coefficient (Wildman–Crippen LogP) is 0.839. The first kappa shape index (κ1) is 16.0. The zero-order valence-corrected chi connectivity index (χ0v) is 14.0. The van der Waals surface area contributed by atoms with Crippen LogP contribution in [0.1, 0.15) is 26.7 Å². The second-order valence-corrected chi connectivity index (χ2v) is 6.92. The molecule has 2 saturated heterocycles. The second-order valence-electron chi connectivity index (χ2n) is 6.92. The number of carbonyl (C=O) groups is 1. The molecule has 126 valence electrons. The maximum Gasteiger partial charge on any atom is 0.318 e. The molecule has 0 aromatic carbocycles. The highest BCUT2D eigenvalue weighted by atomic mass is 16.2. The first-order valence-corrected chi connectivity index (χ1v) is 8.36. The maximum absolute atomic E-state index is 12.7. The molecule has 0 spiro atoms. The number of piperidine rings is 1. The molecule has 1 aromatic heterocycles. The van der Waals surface area contributed by atoms with Crippen molar-refractivity contribution < 1.29 is 4.79 Å². The summed E-state index contributed by atoms with van der Waals surface area (Å²) >= 11 is 0. The first-order chi connectivity index (χ1) is 11.1. The summed E-state index contributed by atoms with van der Waals surface area (Å²) in [5.41, 5.74) is -0.243. The van der Waals surface area contributed by atoms with E-state index in [0.29, 0.717) is 6.54 Å². The summed E-state index contributed by atoms with van der Waals surface area (Å²) in [6.07, 6.45) is 7.17. The number of nitrogens with one attached hydrogen (secondary N) is 2. The highest BCUT2D eigenvalue weighted by molar-refractivity contribution is 5.76. The molecule has 1 aromatic rings. The van der Waals surface area contributed by atoms with E-state index in [0.717, 1.165) is 44.8 Å². The Morgan fingerprint density at radius 3 is 2.74 bits per heavy atom. The number of anilines is 1. The number of hydrogen-bond acceptors (Lipinski definition) is 5. The Morgan fingerprint density at radius 1 is 1.30 bits per heavy atom. The predicted molar refractivity (Wildman–Crippen MR) is 89.5 cm³/mol. The normalized spacial score (nSPS) is 22.0. The molecule has 2 fully saturated rings. The van der Waals surface area contributed by atoms with E-state index in [4.69, 9.17) is 0 Å². The van der Waals surface area contributed by atoms with Crippen molar-refractivity contribution >= 4 is 11.8 Å². The summed E-state index contributed by atoms with van der Waals surface area (Å²) in [5.74, 6) is 0.874. The lowest BCUT2D eigenvalue weighted by molar-refractivity contribution is 0.119. The topological polar surface area (TPSA) is 73.4 Å². The van der Waals surface area contributed by atoms with Crippen molar-refractivity contribution in [3.63, 3.8) is 0 Å². The Hall–Kier alpha value is -1.89. The van der Waals surface area contributed by atoms with Gasteiger partial charge in [-0.05, 0) is 39.8 Å². The van der Waals surface area contributed by atoms with Crippen LogP contribution in [0.25, 0.3) is 0 Å². The summed E-state index contributed by atoms with van der Waals surface area (Å²) in [6.45, 7) is 8.41. The maximum atomic E-state index is 12.7. The lowest BCUT2D eigenvalue weighted by Crippen LogP contribution is -2.64. The third-order valence-corrected chi connectivity index (χ3v) is 4.69. The largest absolute Gasteiger partial charge is 0.351 e. The Bertz CT molecular complexity index is 529. The Balaban J connectivity index is 1.62. The van der Waals surface area contributed by atoms with Gasteiger partial charge in [-0.3, -0.25) is 4.98 Å². The van der Waals surface area contributed by atoms with E-state index in [1.807, 2.05) is 4.90 Å². The van der Waals surface area contributed by atoms with Crippen molar-refractivity contribution in [3.05, 3.63) is 18.6 Å². The molecule has 2 N–H and O–H groups in total. The third-order valence-electron chi connectivity index (χ3n) is 4.69. The Labute approximate surface area is 137 Å². The van der Waals surface area contributed by atoms with Crippen molar-refractivity contribution in [3.8, 4) is 0 Å². The highest BCUT2D eigenvalue weighted by Crippen LogP contribution is 2.24. The lowest BCUT2D eigenvalue weighted by Gasteiger charge is -2.47. The average molecular weight is 318 g/mol. The van der Waals surface area contributed by atoms with Gasteiger partial charge in [-0.15, -0.1) is 0 Å². The Morgan fingerprint density at radius 2 is 2.09 bits per heavy atom. The number of nitrogens with zero attached hydrogens (tertiary/aromatic N) is 4. The number of amides is 2. The van der Waals surface area contributed by atoms with Crippen molar-refractivity contribution in [1.82, 2.24) is 25.5 Å². The second kappa shape index (κ2) is 6.70. The van der Waals surface area contributed by atoms with Crippen LogP contribution in [0.2, 0.25) is 0 Å². The molecule has 0 unspecified atom stereocenters. The van der Waals surface area contributed by atoms with Gasteiger partial charge in [0.15, 0.2) is 0 Å². The number of rotatable bonds is 2. The molecule has 0 atom stereocenters. The van der Waals surface area contributed by atoms with Crippen LogP contribution in [0, 0.1) is 0 Å². The molecule has 7 heteroatoms. The van der Waals surface area contributed by atoms with Crippen LogP contribution in [-0.4, -0.2) is 65.2 Å². The van der Waals surface area contributed by atoms with Gasteiger partial charge in [0, 0.05) is 38.1 Å². The van der Waals surface area contributed by atoms with Gasteiger partial charge in [0.2, 0.25) is 0 Å². The molecule has 2 amide bonds. The summed E-state index contributed by atoms with van der Waals surface area (Å²) in [4.78, 5) is 25.3. The third kappa shape index (κ3) is 3.72. The summed E-state index contributed by atoms with van der Waals surface area (Å²) in [7, 11) is 0. The molecule has 2 aliphatic rings. The molecule has 0 radical (unpaired) electrons. The van der Waals surface area contributed by atoms with E-state index in [-0.39, 0.29) is 17.6 Å². The summed E-state index contributed by atoms with van der Waals surface area (Å²) in [6, 6.07) is 0.346. The fourth-order valence-corrected chi connectivity index (χ4v) is 3.40. The SMILES string of the molecule is CC1(C)CN(c2cnccn2)CCN1C(=O)NC1CCNCC1. The van der Waals surface area contributed by atoms with Crippen molar-refractivity contribution in [2.45, 2.75) is 38.3 Å². The molecule has 23 heavy (non-hydrogen) atoms. The first-order valence-electron chi connectivity index (χ1n) is 8.36. The van der Waals surface area contributed by atoms with Crippen LogP contribution in [-0.2, 0) is 0 Å². The van der Waals surface area contributed by atoms with Gasteiger partial charge >= 0.3 is 6.03 Å². The van der Waals surface area contributed by atoms with Crippen LogP contribution in [0.3, 0.4) is 0 Å². The number of urea groups is 1. The van der Waals surface area contributed by atoms with Gasteiger partial charge in [0.1, 0.15) is 5.82 Å². The molecule has 7 nitrogen and oxygen atoms in total. The van der Waals surface area contributed by atoms with Gasteiger partial charge in [0.05, 0.1) is 11.7 Å². The van der Waals surface area contributed by atoms with Gasteiger partial charge in [-0.1, -0.05) is 0 Å². The van der Waals surface area contributed by atoms with E-state index in [9.17, 15) is 4.79 Å². The monoisotopic (exact) mass is 318 g/mol. The number of hydrogen-bond donors (Lipinski definition) is 2. The lowest BCUT2D eigenvalue weighted by atomic mass is 9.99. The zero-order chi connectivity index (χ0) is 16.3. The number of carbonyl (C=O) groups excluding carboxylic acids is 1. The van der Waals surface area contributed by atoms with Crippen LogP contribution in [0.4, 0.5) is 10.6 Å². The Kier molecular flexibility index (Phi) is 4.66. The van der Waals surface area contributed by atoms with Gasteiger partial charge in [-0.2, -0.15) is 0 Å².